The summed E-state index contributed by atoms with van der Waals surface area (Å²) in [6.07, 6.45) is 0. The predicted molar refractivity (Wildman–Crippen MR) is 74.1 cm³/mol. The Labute approximate surface area is 106 Å². The van der Waals surface area contributed by atoms with E-state index in [2.05, 4.69) is 10.5 Å². The van der Waals surface area contributed by atoms with Gasteiger partial charge in [-0.05, 0) is 30.7 Å². The van der Waals surface area contributed by atoms with Crippen molar-refractivity contribution in [3.63, 3.8) is 0 Å². The van der Waals surface area contributed by atoms with Crippen molar-refractivity contribution in [1.82, 2.24) is 0 Å². The van der Waals surface area contributed by atoms with Crippen LogP contribution in [0.5, 0.6) is 0 Å². The van der Waals surface area contributed by atoms with E-state index < -0.39 is 0 Å². The molecule has 4 N–H and O–H groups in total. The molecule has 0 aliphatic heterocycles. The lowest BCUT2D eigenvalue weighted by molar-refractivity contribution is 1.11. The summed E-state index contributed by atoms with van der Waals surface area (Å²) in [4.78, 5) is 2.01. The van der Waals surface area contributed by atoms with Crippen molar-refractivity contribution in [2.24, 2.45) is 10.8 Å². The highest BCUT2D eigenvalue weighted by Crippen LogP contribution is 2.21. The highest BCUT2D eigenvalue weighted by atomic mass is 15.3. The van der Waals surface area contributed by atoms with Gasteiger partial charge < -0.3 is 10.6 Å². The molecule has 0 amide bonds. The minimum Gasteiger partial charge on any atom is -0.382 e. The zero-order chi connectivity index (χ0) is 13.7. The Bertz CT molecular complexity index is 524. The Morgan fingerprint density at radius 3 is 2.61 bits per heavy atom. The van der Waals surface area contributed by atoms with Gasteiger partial charge in [-0.3, -0.25) is 10.8 Å². The number of amidine groups is 1. The molecule has 0 saturated heterocycles. The lowest BCUT2D eigenvalue weighted by atomic mass is 10.1. The van der Waals surface area contributed by atoms with Crippen molar-refractivity contribution < 1.29 is 0 Å². The van der Waals surface area contributed by atoms with Gasteiger partial charge in [0.1, 0.15) is 6.07 Å². The molecule has 0 fully saturated rings. The van der Waals surface area contributed by atoms with Crippen molar-refractivity contribution in [3.8, 4) is 6.07 Å². The molecule has 1 rings (SSSR count). The predicted octanol–water partition coefficient (Wildman–Crippen LogP) is 1.29. The van der Waals surface area contributed by atoms with Crippen LogP contribution < -0.4 is 16.1 Å². The summed E-state index contributed by atoms with van der Waals surface area (Å²) in [5.41, 5.74) is 10.7. The standard InChI is InChI=1S/C12H16N6/c1-8-6-9(4-5-11(8)18(2)3)16-17-10(7-13)12(14)15/h4-6,16H,1-3H3,(H3,14,15)/b17-10+. The summed E-state index contributed by atoms with van der Waals surface area (Å²) < 4.78 is 0. The van der Waals surface area contributed by atoms with Gasteiger partial charge in [-0.25, -0.2) is 0 Å². The second kappa shape index (κ2) is 5.68. The van der Waals surface area contributed by atoms with Crippen molar-refractivity contribution in [2.75, 3.05) is 24.4 Å². The van der Waals surface area contributed by atoms with Gasteiger partial charge in [0, 0.05) is 19.8 Å². The van der Waals surface area contributed by atoms with E-state index in [9.17, 15) is 0 Å². The molecule has 0 aliphatic rings. The SMILES string of the molecule is Cc1cc(N/N=C(\C#N)C(=N)N)ccc1N(C)C. The molecular weight excluding hydrogens is 228 g/mol. The number of hydrogen-bond donors (Lipinski definition) is 3. The molecule has 0 unspecified atom stereocenters. The molecule has 0 radical (unpaired) electrons. The van der Waals surface area contributed by atoms with Crippen LogP contribution in [-0.2, 0) is 0 Å². The maximum Gasteiger partial charge on any atom is 0.201 e. The number of hydrogen-bond acceptors (Lipinski definition) is 5. The number of benzene rings is 1. The van der Waals surface area contributed by atoms with Gasteiger partial charge >= 0.3 is 0 Å². The molecule has 6 nitrogen and oxygen atoms in total. The van der Waals surface area contributed by atoms with Crippen molar-refractivity contribution >= 4 is 22.9 Å². The largest absolute Gasteiger partial charge is 0.382 e. The highest BCUT2D eigenvalue weighted by Gasteiger charge is 2.03. The van der Waals surface area contributed by atoms with E-state index in [1.165, 1.54) is 0 Å². The van der Waals surface area contributed by atoms with E-state index >= 15 is 0 Å². The molecule has 0 aliphatic carbocycles. The summed E-state index contributed by atoms with van der Waals surface area (Å²) in [6, 6.07) is 7.46. The number of nitrogens with one attached hydrogen (secondary N) is 2. The summed E-state index contributed by atoms with van der Waals surface area (Å²) >= 11 is 0. The zero-order valence-electron chi connectivity index (χ0n) is 10.7. The number of nitrogens with two attached hydrogens (primary N) is 1. The fourth-order valence-electron chi connectivity index (χ4n) is 1.49. The number of nitriles is 1. The van der Waals surface area contributed by atoms with Crippen LogP contribution in [-0.4, -0.2) is 25.6 Å². The summed E-state index contributed by atoms with van der Waals surface area (Å²) in [5.74, 6) is -0.355. The minimum atomic E-state index is -0.355. The fraction of sp³-hybridized carbons (Fsp3) is 0.250. The first-order chi connectivity index (χ1) is 8.45. The minimum absolute atomic E-state index is 0.135. The third-order valence-corrected chi connectivity index (χ3v) is 2.34. The molecule has 0 bridgehead atoms. The van der Waals surface area contributed by atoms with Crippen molar-refractivity contribution in [3.05, 3.63) is 23.8 Å². The molecule has 18 heavy (non-hydrogen) atoms. The van der Waals surface area contributed by atoms with E-state index in [1.54, 1.807) is 6.07 Å². The lowest BCUT2D eigenvalue weighted by Gasteiger charge is -2.16. The fourth-order valence-corrected chi connectivity index (χ4v) is 1.49. The van der Waals surface area contributed by atoms with Gasteiger partial charge in [-0.2, -0.15) is 10.4 Å². The van der Waals surface area contributed by atoms with Gasteiger partial charge in [0.25, 0.3) is 0 Å². The van der Waals surface area contributed by atoms with Crippen LogP contribution in [0.25, 0.3) is 0 Å². The Morgan fingerprint density at radius 2 is 2.17 bits per heavy atom. The van der Waals surface area contributed by atoms with E-state index in [1.807, 2.05) is 44.1 Å². The molecule has 0 heterocycles. The topological polar surface area (TPSA) is 101 Å². The van der Waals surface area contributed by atoms with Crippen LogP contribution >= 0.6 is 0 Å². The summed E-state index contributed by atoms with van der Waals surface area (Å²) in [5, 5.41) is 19.6. The van der Waals surface area contributed by atoms with Gasteiger partial charge in [0.2, 0.25) is 5.71 Å². The molecule has 1 aromatic rings. The average molecular weight is 244 g/mol. The average Bonchev–Trinajstić information content (AvgIpc) is 2.28. The molecular formula is C12H16N6. The Kier molecular flexibility index (Phi) is 4.27. The maximum absolute atomic E-state index is 8.70. The van der Waals surface area contributed by atoms with Gasteiger partial charge in [0.15, 0.2) is 5.84 Å². The second-order valence-electron chi connectivity index (χ2n) is 3.99. The van der Waals surface area contributed by atoms with Gasteiger partial charge in [-0.1, -0.05) is 0 Å². The highest BCUT2D eigenvalue weighted by molar-refractivity contribution is 6.45. The number of aryl methyl sites for hydroxylation is 1. The van der Waals surface area contributed by atoms with Crippen LogP contribution in [0.4, 0.5) is 11.4 Å². The molecule has 0 saturated carbocycles. The quantitative estimate of drug-likeness (QED) is 0.422. The molecule has 0 aromatic heterocycles. The first-order valence-electron chi connectivity index (χ1n) is 5.32. The van der Waals surface area contributed by atoms with Gasteiger partial charge in [-0.15, -0.1) is 0 Å². The summed E-state index contributed by atoms with van der Waals surface area (Å²) in [6.45, 7) is 1.99. The number of hydrazone groups is 1. The lowest BCUT2D eigenvalue weighted by Crippen LogP contribution is -2.21. The molecule has 6 heteroatoms. The van der Waals surface area contributed by atoms with E-state index in [0.29, 0.717) is 0 Å². The van der Waals surface area contributed by atoms with E-state index in [-0.39, 0.29) is 11.5 Å². The van der Waals surface area contributed by atoms with Crippen LogP contribution in [0.3, 0.4) is 0 Å². The van der Waals surface area contributed by atoms with Crippen molar-refractivity contribution in [1.29, 1.82) is 10.7 Å². The third kappa shape index (κ3) is 3.22. The number of nitrogens with zero attached hydrogens (tertiary/aromatic N) is 3. The number of anilines is 2. The molecule has 1 aromatic carbocycles. The third-order valence-electron chi connectivity index (χ3n) is 2.34. The van der Waals surface area contributed by atoms with Crippen LogP contribution in [0, 0.1) is 23.7 Å². The smallest absolute Gasteiger partial charge is 0.201 e. The Balaban J connectivity index is 2.91. The monoisotopic (exact) mass is 244 g/mol. The summed E-state index contributed by atoms with van der Waals surface area (Å²) in [7, 11) is 3.94. The van der Waals surface area contributed by atoms with Crippen LogP contribution in [0.2, 0.25) is 0 Å². The Hall–Kier alpha value is -2.55. The second-order valence-corrected chi connectivity index (χ2v) is 3.99. The first-order valence-corrected chi connectivity index (χ1v) is 5.32. The van der Waals surface area contributed by atoms with Gasteiger partial charge in [0.05, 0.1) is 5.69 Å². The Morgan fingerprint density at radius 1 is 1.50 bits per heavy atom. The molecule has 0 atom stereocenters. The zero-order valence-corrected chi connectivity index (χ0v) is 10.7. The maximum atomic E-state index is 8.70. The number of rotatable bonds is 4. The molecule has 94 valence electrons. The van der Waals surface area contributed by atoms with E-state index in [4.69, 9.17) is 16.4 Å². The first kappa shape index (κ1) is 13.5. The molecule has 0 spiro atoms. The van der Waals surface area contributed by atoms with Crippen LogP contribution in [0.1, 0.15) is 5.56 Å². The normalized spacial score (nSPS) is 10.7. The van der Waals surface area contributed by atoms with E-state index in [0.717, 1.165) is 16.9 Å². The van der Waals surface area contributed by atoms with Crippen molar-refractivity contribution in [2.45, 2.75) is 6.92 Å². The van der Waals surface area contributed by atoms with Crippen LogP contribution in [0.15, 0.2) is 23.3 Å².